The number of aromatic nitrogens is 3. The van der Waals surface area contributed by atoms with E-state index in [0.717, 1.165) is 12.3 Å². The zero-order chi connectivity index (χ0) is 14.8. The zero-order valence-corrected chi connectivity index (χ0v) is 11.2. The Labute approximate surface area is 114 Å². The Morgan fingerprint density at radius 2 is 2.20 bits per heavy atom. The van der Waals surface area contributed by atoms with Crippen molar-refractivity contribution in [3.63, 3.8) is 0 Å². The van der Waals surface area contributed by atoms with Gasteiger partial charge in [-0.3, -0.25) is 15.2 Å². The minimum atomic E-state index is -3.49. The molecule has 1 aromatic carbocycles. The fraction of sp³-hybridized carbons (Fsp3) is 0.200. The van der Waals surface area contributed by atoms with Crippen molar-refractivity contribution in [3.05, 3.63) is 40.5 Å². The maximum Gasteiger partial charge on any atom is 0.293 e. The van der Waals surface area contributed by atoms with Crippen molar-refractivity contribution in [2.45, 2.75) is 11.4 Å². The monoisotopic (exact) mass is 297 g/mol. The highest BCUT2D eigenvalue weighted by molar-refractivity contribution is 7.90. The maximum absolute atomic E-state index is 11.4. The Hall–Kier alpha value is -2.49. The van der Waals surface area contributed by atoms with Crippen LogP contribution in [-0.2, 0) is 16.4 Å². The van der Waals surface area contributed by atoms with Gasteiger partial charge in [-0.1, -0.05) is 0 Å². The van der Waals surface area contributed by atoms with Gasteiger partial charge in [0.1, 0.15) is 17.8 Å². The van der Waals surface area contributed by atoms with Crippen molar-refractivity contribution in [2.75, 3.05) is 11.6 Å². The first-order valence-corrected chi connectivity index (χ1v) is 7.33. The molecule has 0 atom stereocenters. The van der Waals surface area contributed by atoms with E-state index in [2.05, 4.69) is 20.5 Å². The smallest absolute Gasteiger partial charge is 0.293 e. The summed E-state index contributed by atoms with van der Waals surface area (Å²) in [5.74, 6) is 0.506. The summed E-state index contributed by atoms with van der Waals surface area (Å²) in [6, 6.07) is 3.69. The van der Waals surface area contributed by atoms with Crippen molar-refractivity contribution in [2.24, 2.45) is 0 Å². The van der Waals surface area contributed by atoms with E-state index in [0.29, 0.717) is 5.82 Å². The van der Waals surface area contributed by atoms with Gasteiger partial charge in [-0.15, -0.1) is 0 Å². The molecule has 0 unspecified atom stereocenters. The number of sulfone groups is 1. The minimum Gasteiger partial charge on any atom is -0.372 e. The zero-order valence-electron chi connectivity index (χ0n) is 10.4. The van der Waals surface area contributed by atoms with Crippen LogP contribution < -0.4 is 5.32 Å². The van der Waals surface area contributed by atoms with Crippen molar-refractivity contribution in [3.8, 4) is 0 Å². The highest BCUT2D eigenvalue weighted by Crippen LogP contribution is 2.27. The first-order chi connectivity index (χ1) is 9.38. The molecule has 106 valence electrons. The van der Waals surface area contributed by atoms with Crippen LogP contribution in [0.4, 0.5) is 11.4 Å². The fourth-order valence-corrected chi connectivity index (χ4v) is 2.18. The molecule has 2 rings (SSSR count). The van der Waals surface area contributed by atoms with E-state index in [-0.39, 0.29) is 22.8 Å². The first kappa shape index (κ1) is 13.9. The summed E-state index contributed by atoms with van der Waals surface area (Å²) in [5.41, 5.74) is -0.105. The molecule has 10 heteroatoms. The van der Waals surface area contributed by atoms with Crippen LogP contribution in [0.5, 0.6) is 0 Å². The third-order valence-electron chi connectivity index (χ3n) is 2.51. The summed E-state index contributed by atoms with van der Waals surface area (Å²) in [5, 5.41) is 20.1. The molecule has 0 aliphatic rings. The lowest BCUT2D eigenvalue weighted by atomic mass is 10.2. The van der Waals surface area contributed by atoms with Gasteiger partial charge in [-0.2, -0.15) is 5.10 Å². The number of benzene rings is 1. The number of nitrogens with zero attached hydrogens (tertiary/aromatic N) is 3. The van der Waals surface area contributed by atoms with E-state index in [1.54, 1.807) is 0 Å². The Morgan fingerprint density at radius 1 is 1.45 bits per heavy atom. The molecular formula is C10H11N5O4S. The number of hydrogen-bond acceptors (Lipinski definition) is 7. The topological polar surface area (TPSA) is 131 Å². The van der Waals surface area contributed by atoms with Gasteiger partial charge in [0.15, 0.2) is 9.84 Å². The molecule has 2 N–H and O–H groups in total. The fourth-order valence-electron chi connectivity index (χ4n) is 1.54. The first-order valence-electron chi connectivity index (χ1n) is 5.44. The number of nitrogens with one attached hydrogen (secondary N) is 2. The van der Waals surface area contributed by atoms with E-state index in [1.807, 2.05) is 0 Å². The lowest BCUT2D eigenvalue weighted by Crippen LogP contribution is -2.05. The SMILES string of the molecule is CS(=O)(=O)c1ccc(NCc2ncn[nH]2)c([N+](=O)[O-])c1. The predicted octanol–water partition coefficient (Wildman–Crippen LogP) is 0.728. The number of aromatic amines is 1. The highest BCUT2D eigenvalue weighted by atomic mass is 32.2. The van der Waals surface area contributed by atoms with Crippen molar-refractivity contribution >= 4 is 21.2 Å². The molecule has 1 heterocycles. The van der Waals surface area contributed by atoms with Crippen molar-refractivity contribution < 1.29 is 13.3 Å². The summed E-state index contributed by atoms with van der Waals surface area (Å²) in [6.45, 7) is 0.207. The van der Waals surface area contributed by atoms with Crippen LogP contribution in [0, 0.1) is 10.1 Å². The van der Waals surface area contributed by atoms with Crippen LogP contribution in [0.2, 0.25) is 0 Å². The molecule has 0 amide bonds. The third-order valence-corrected chi connectivity index (χ3v) is 3.62. The second kappa shape index (κ2) is 5.25. The highest BCUT2D eigenvalue weighted by Gasteiger charge is 2.18. The van der Waals surface area contributed by atoms with E-state index >= 15 is 0 Å². The molecular weight excluding hydrogens is 286 g/mol. The Morgan fingerprint density at radius 3 is 2.75 bits per heavy atom. The molecule has 20 heavy (non-hydrogen) atoms. The van der Waals surface area contributed by atoms with Gasteiger partial charge < -0.3 is 5.32 Å². The number of H-pyrrole nitrogens is 1. The normalized spacial score (nSPS) is 11.2. The molecule has 0 spiro atoms. The standard InChI is InChI=1S/C10H11N5O4S/c1-20(18,19)7-2-3-8(9(4-7)15(16)17)11-5-10-12-6-13-14-10/h2-4,6,11H,5H2,1H3,(H,12,13,14). The van der Waals surface area contributed by atoms with Crippen LogP contribution >= 0.6 is 0 Å². The van der Waals surface area contributed by atoms with Crippen LogP contribution in [0.25, 0.3) is 0 Å². The molecule has 0 aliphatic heterocycles. The molecule has 9 nitrogen and oxygen atoms in total. The summed E-state index contributed by atoms with van der Waals surface area (Å²) in [4.78, 5) is 14.1. The summed E-state index contributed by atoms with van der Waals surface area (Å²) >= 11 is 0. The van der Waals surface area contributed by atoms with Crippen LogP contribution in [0.15, 0.2) is 29.4 Å². The van der Waals surface area contributed by atoms with Crippen molar-refractivity contribution in [1.29, 1.82) is 0 Å². The summed E-state index contributed by atoms with van der Waals surface area (Å²) in [7, 11) is -3.49. The molecule has 0 saturated carbocycles. The summed E-state index contributed by atoms with van der Waals surface area (Å²) < 4.78 is 22.8. The van der Waals surface area contributed by atoms with Crippen molar-refractivity contribution in [1.82, 2.24) is 15.2 Å². The second-order valence-electron chi connectivity index (χ2n) is 3.99. The lowest BCUT2D eigenvalue weighted by molar-refractivity contribution is -0.384. The van der Waals surface area contributed by atoms with Gasteiger partial charge >= 0.3 is 0 Å². The van der Waals surface area contributed by atoms with E-state index < -0.39 is 14.8 Å². The maximum atomic E-state index is 11.4. The molecule has 2 aromatic rings. The predicted molar refractivity (Wildman–Crippen MR) is 69.9 cm³/mol. The average Bonchev–Trinajstić information content (AvgIpc) is 2.88. The van der Waals surface area contributed by atoms with Crippen LogP contribution in [-0.4, -0.2) is 34.8 Å². The van der Waals surface area contributed by atoms with Gasteiger partial charge in [0.2, 0.25) is 0 Å². The third kappa shape index (κ3) is 3.09. The molecule has 0 saturated heterocycles. The molecule has 0 radical (unpaired) electrons. The van der Waals surface area contributed by atoms with E-state index in [4.69, 9.17) is 0 Å². The number of hydrogen-bond donors (Lipinski definition) is 2. The van der Waals surface area contributed by atoms with Gasteiger partial charge in [0.05, 0.1) is 16.4 Å². The number of nitro benzene ring substituents is 1. The van der Waals surface area contributed by atoms with Crippen LogP contribution in [0.3, 0.4) is 0 Å². The molecule has 0 bridgehead atoms. The number of nitro groups is 1. The summed E-state index contributed by atoms with van der Waals surface area (Å²) in [6.07, 6.45) is 2.31. The van der Waals surface area contributed by atoms with Gasteiger partial charge in [-0.05, 0) is 12.1 Å². The average molecular weight is 297 g/mol. The Balaban J connectivity index is 2.31. The van der Waals surface area contributed by atoms with Gasteiger partial charge in [-0.25, -0.2) is 13.4 Å². The van der Waals surface area contributed by atoms with Gasteiger partial charge in [0, 0.05) is 12.3 Å². The molecule has 1 aromatic heterocycles. The van der Waals surface area contributed by atoms with Crippen LogP contribution in [0.1, 0.15) is 5.82 Å². The van der Waals surface area contributed by atoms with E-state index in [9.17, 15) is 18.5 Å². The second-order valence-corrected chi connectivity index (χ2v) is 6.01. The number of rotatable bonds is 5. The van der Waals surface area contributed by atoms with Gasteiger partial charge in [0.25, 0.3) is 5.69 Å². The Kier molecular flexibility index (Phi) is 3.66. The molecule has 0 fully saturated rings. The largest absolute Gasteiger partial charge is 0.372 e. The number of anilines is 1. The lowest BCUT2D eigenvalue weighted by Gasteiger charge is -2.06. The minimum absolute atomic E-state index is 0.102. The molecule has 0 aliphatic carbocycles. The van der Waals surface area contributed by atoms with E-state index in [1.165, 1.54) is 18.5 Å². The quantitative estimate of drug-likeness (QED) is 0.614. The Bertz CT molecular complexity index is 726.